The summed E-state index contributed by atoms with van der Waals surface area (Å²) in [5, 5.41) is 3.73. The van der Waals surface area contributed by atoms with Crippen molar-refractivity contribution in [2.24, 2.45) is 11.7 Å². The van der Waals surface area contributed by atoms with E-state index in [-0.39, 0.29) is 18.4 Å². The van der Waals surface area contributed by atoms with Crippen LogP contribution in [0, 0.1) is 5.92 Å². The van der Waals surface area contributed by atoms with Crippen molar-refractivity contribution in [1.29, 1.82) is 0 Å². The molecule has 15 heavy (non-hydrogen) atoms. The second kappa shape index (κ2) is 5.75. The van der Waals surface area contributed by atoms with Crippen LogP contribution in [0.25, 0.3) is 0 Å². The molecule has 1 saturated heterocycles. The van der Waals surface area contributed by atoms with E-state index >= 15 is 0 Å². The summed E-state index contributed by atoms with van der Waals surface area (Å²) < 4.78 is 5.32. The molecule has 1 aromatic rings. The van der Waals surface area contributed by atoms with Gasteiger partial charge in [-0.3, -0.25) is 0 Å². The highest BCUT2D eigenvalue weighted by Crippen LogP contribution is 2.28. The standard InChI is InChI=1S/C10H15ClN2O.ClH/c11-9-2-1-8(14-9)10(12)7-3-5-13-6-4-7;/h1-2,7,10,13H,3-6,12H2;1H/t10-;/m1./s1. The number of halogens is 2. The Labute approximate surface area is 101 Å². The molecule has 1 aliphatic heterocycles. The first-order valence-electron chi connectivity index (χ1n) is 4.99. The van der Waals surface area contributed by atoms with Gasteiger partial charge in [-0.25, -0.2) is 0 Å². The quantitative estimate of drug-likeness (QED) is 0.848. The molecule has 1 aromatic heterocycles. The third-order valence-electron chi connectivity index (χ3n) is 2.81. The highest BCUT2D eigenvalue weighted by Gasteiger charge is 2.23. The SMILES string of the molecule is Cl.N[C@@H](c1ccc(Cl)o1)C1CCNCC1. The van der Waals surface area contributed by atoms with E-state index in [9.17, 15) is 0 Å². The Morgan fingerprint density at radius 3 is 2.60 bits per heavy atom. The largest absolute Gasteiger partial charge is 0.448 e. The smallest absolute Gasteiger partial charge is 0.193 e. The van der Waals surface area contributed by atoms with Crippen LogP contribution in [0.2, 0.25) is 5.22 Å². The van der Waals surface area contributed by atoms with Crippen molar-refractivity contribution in [3.05, 3.63) is 23.1 Å². The zero-order valence-electron chi connectivity index (χ0n) is 8.41. The Hall–Kier alpha value is -0.220. The molecule has 0 aromatic carbocycles. The second-order valence-corrected chi connectivity index (χ2v) is 4.13. The molecule has 2 rings (SSSR count). The summed E-state index contributed by atoms with van der Waals surface area (Å²) in [6.45, 7) is 2.10. The van der Waals surface area contributed by atoms with Crippen LogP contribution in [-0.4, -0.2) is 13.1 Å². The number of hydrogen-bond donors (Lipinski definition) is 2. The number of furan rings is 1. The second-order valence-electron chi connectivity index (χ2n) is 3.76. The van der Waals surface area contributed by atoms with Crippen LogP contribution in [-0.2, 0) is 0 Å². The topological polar surface area (TPSA) is 51.2 Å². The molecule has 0 saturated carbocycles. The van der Waals surface area contributed by atoms with Gasteiger partial charge in [0.1, 0.15) is 5.76 Å². The lowest BCUT2D eigenvalue weighted by atomic mass is 9.89. The van der Waals surface area contributed by atoms with Crippen molar-refractivity contribution in [2.45, 2.75) is 18.9 Å². The molecule has 0 radical (unpaired) electrons. The zero-order chi connectivity index (χ0) is 9.97. The van der Waals surface area contributed by atoms with Gasteiger partial charge in [-0.1, -0.05) is 0 Å². The monoisotopic (exact) mass is 250 g/mol. The average Bonchev–Trinajstić information content (AvgIpc) is 2.65. The van der Waals surface area contributed by atoms with Crippen LogP contribution in [0.5, 0.6) is 0 Å². The first-order chi connectivity index (χ1) is 6.77. The molecule has 1 fully saturated rings. The fraction of sp³-hybridized carbons (Fsp3) is 0.600. The van der Waals surface area contributed by atoms with Crippen LogP contribution in [0.15, 0.2) is 16.5 Å². The summed E-state index contributed by atoms with van der Waals surface area (Å²) in [5.74, 6) is 1.32. The van der Waals surface area contributed by atoms with Crippen LogP contribution in [0.4, 0.5) is 0 Å². The van der Waals surface area contributed by atoms with Gasteiger partial charge in [0, 0.05) is 0 Å². The Morgan fingerprint density at radius 1 is 1.40 bits per heavy atom. The number of hydrogen-bond acceptors (Lipinski definition) is 3. The maximum Gasteiger partial charge on any atom is 0.193 e. The van der Waals surface area contributed by atoms with Crippen LogP contribution < -0.4 is 11.1 Å². The summed E-state index contributed by atoms with van der Waals surface area (Å²) in [6, 6.07) is 3.61. The molecule has 0 amide bonds. The number of rotatable bonds is 2. The van der Waals surface area contributed by atoms with Gasteiger partial charge >= 0.3 is 0 Å². The van der Waals surface area contributed by atoms with Crippen molar-refractivity contribution in [3.63, 3.8) is 0 Å². The van der Waals surface area contributed by atoms with Gasteiger partial charge in [-0.2, -0.15) is 0 Å². The van der Waals surface area contributed by atoms with Gasteiger partial charge < -0.3 is 15.5 Å². The Kier molecular flexibility index (Phi) is 4.93. The van der Waals surface area contributed by atoms with E-state index in [2.05, 4.69) is 5.32 Å². The van der Waals surface area contributed by atoms with Gasteiger partial charge in [-0.15, -0.1) is 12.4 Å². The zero-order valence-corrected chi connectivity index (χ0v) is 9.98. The van der Waals surface area contributed by atoms with Crippen LogP contribution in [0.3, 0.4) is 0 Å². The summed E-state index contributed by atoms with van der Waals surface area (Å²) >= 11 is 5.71. The summed E-state index contributed by atoms with van der Waals surface area (Å²) in [5.41, 5.74) is 6.10. The molecular formula is C10H16Cl2N2O. The normalized spacial score (nSPS) is 19.6. The molecule has 3 nitrogen and oxygen atoms in total. The minimum atomic E-state index is -0.00963. The highest BCUT2D eigenvalue weighted by molar-refractivity contribution is 6.28. The van der Waals surface area contributed by atoms with Crippen molar-refractivity contribution in [1.82, 2.24) is 5.32 Å². The van der Waals surface area contributed by atoms with Crippen molar-refractivity contribution >= 4 is 24.0 Å². The van der Waals surface area contributed by atoms with E-state index < -0.39 is 0 Å². The first-order valence-corrected chi connectivity index (χ1v) is 5.36. The van der Waals surface area contributed by atoms with E-state index in [1.807, 2.05) is 6.07 Å². The lowest BCUT2D eigenvalue weighted by molar-refractivity contribution is 0.292. The average molecular weight is 251 g/mol. The van der Waals surface area contributed by atoms with E-state index in [0.717, 1.165) is 31.7 Å². The van der Waals surface area contributed by atoms with Gasteiger partial charge in [0.15, 0.2) is 5.22 Å². The lowest BCUT2D eigenvalue weighted by Crippen LogP contribution is -2.33. The molecule has 5 heteroatoms. The molecule has 3 N–H and O–H groups in total. The van der Waals surface area contributed by atoms with E-state index in [1.54, 1.807) is 6.07 Å². The van der Waals surface area contributed by atoms with Gasteiger partial charge in [0.25, 0.3) is 0 Å². The predicted molar refractivity (Wildman–Crippen MR) is 63.5 cm³/mol. The van der Waals surface area contributed by atoms with Gasteiger partial charge in [-0.05, 0) is 55.6 Å². The number of nitrogens with two attached hydrogens (primary N) is 1. The third kappa shape index (κ3) is 3.11. The molecular weight excluding hydrogens is 235 g/mol. The van der Waals surface area contributed by atoms with Crippen LogP contribution >= 0.6 is 24.0 Å². The third-order valence-corrected chi connectivity index (χ3v) is 3.02. The maximum absolute atomic E-state index is 6.10. The Balaban J connectivity index is 0.00000112. The molecule has 2 heterocycles. The van der Waals surface area contributed by atoms with Crippen molar-refractivity contribution in [3.8, 4) is 0 Å². The van der Waals surface area contributed by atoms with Gasteiger partial charge in [0.2, 0.25) is 0 Å². The molecule has 1 atom stereocenters. The van der Waals surface area contributed by atoms with Crippen molar-refractivity contribution in [2.75, 3.05) is 13.1 Å². The molecule has 0 spiro atoms. The Bertz CT molecular complexity index is 297. The summed E-state index contributed by atoms with van der Waals surface area (Å²) in [4.78, 5) is 0. The molecule has 0 bridgehead atoms. The van der Waals surface area contributed by atoms with Gasteiger partial charge in [0.05, 0.1) is 6.04 Å². The maximum atomic E-state index is 6.10. The minimum Gasteiger partial charge on any atom is -0.448 e. The van der Waals surface area contributed by atoms with E-state index in [1.165, 1.54) is 0 Å². The Morgan fingerprint density at radius 2 is 2.07 bits per heavy atom. The summed E-state index contributed by atoms with van der Waals surface area (Å²) in [7, 11) is 0. The fourth-order valence-electron chi connectivity index (χ4n) is 1.94. The number of nitrogens with one attached hydrogen (secondary N) is 1. The minimum absolute atomic E-state index is 0. The molecule has 0 aliphatic carbocycles. The number of piperidine rings is 1. The summed E-state index contributed by atoms with van der Waals surface area (Å²) in [6.07, 6.45) is 2.22. The van der Waals surface area contributed by atoms with E-state index in [4.69, 9.17) is 21.8 Å². The first kappa shape index (κ1) is 12.8. The highest BCUT2D eigenvalue weighted by atomic mass is 35.5. The molecule has 1 aliphatic rings. The van der Waals surface area contributed by atoms with E-state index in [0.29, 0.717) is 11.1 Å². The molecule has 86 valence electrons. The van der Waals surface area contributed by atoms with Crippen molar-refractivity contribution < 1.29 is 4.42 Å². The lowest BCUT2D eigenvalue weighted by Gasteiger charge is -2.26. The van der Waals surface area contributed by atoms with Crippen LogP contribution in [0.1, 0.15) is 24.6 Å². The predicted octanol–water partition coefficient (Wildman–Crippen LogP) is 2.35. The fourth-order valence-corrected chi connectivity index (χ4v) is 2.10. The molecule has 0 unspecified atom stereocenters.